The molecular weight excluding hydrogens is 671 g/mol. The highest BCUT2D eigenvalue weighted by molar-refractivity contribution is 5.76. The highest BCUT2D eigenvalue weighted by atomic mass is 16.5. The molecule has 0 saturated carbocycles. The summed E-state index contributed by atoms with van der Waals surface area (Å²) in [7, 11) is 0. The van der Waals surface area contributed by atoms with Gasteiger partial charge in [0.2, 0.25) is 5.91 Å². The van der Waals surface area contributed by atoms with Crippen LogP contribution in [0.25, 0.3) is 0 Å². The first-order valence-corrected chi connectivity index (χ1v) is 23.6. The lowest BCUT2D eigenvalue weighted by Crippen LogP contribution is -2.45. The molecule has 2 atom stereocenters. The Bertz CT molecular complexity index is 843. The molecule has 0 bridgehead atoms. The van der Waals surface area contributed by atoms with E-state index in [0.29, 0.717) is 19.4 Å². The Hall–Kier alpha value is -1.66. The molecule has 0 saturated heterocycles. The second kappa shape index (κ2) is 44.1. The SMILES string of the molecule is CCCCCCCCCCCCC/C=C/C(O)C(CO)NC(=O)CCC/C=C\CCCCCCOC(=O)CCCCCCCCCCCCCCCCC. The molecule has 0 fully saturated rings. The van der Waals surface area contributed by atoms with Crippen molar-refractivity contribution in [3.63, 3.8) is 0 Å². The molecule has 0 radical (unpaired) electrons. The van der Waals surface area contributed by atoms with Crippen LogP contribution in [0.2, 0.25) is 0 Å². The second-order valence-corrected chi connectivity index (χ2v) is 16.1. The second-order valence-electron chi connectivity index (χ2n) is 16.1. The molecule has 0 rings (SSSR count). The number of ether oxygens (including phenoxy) is 1. The van der Waals surface area contributed by atoms with E-state index < -0.39 is 12.1 Å². The molecule has 0 spiro atoms. The molecular formula is C48H91NO5. The van der Waals surface area contributed by atoms with Crippen molar-refractivity contribution in [3.8, 4) is 0 Å². The Labute approximate surface area is 335 Å². The fourth-order valence-electron chi connectivity index (χ4n) is 7.05. The van der Waals surface area contributed by atoms with Crippen LogP contribution in [0.3, 0.4) is 0 Å². The first kappa shape index (κ1) is 52.3. The van der Waals surface area contributed by atoms with Gasteiger partial charge in [-0.25, -0.2) is 0 Å². The third-order valence-electron chi connectivity index (χ3n) is 10.7. The number of carbonyl (C=O) groups is 2. The predicted molar refractivity (Wildman–Crippen MR) is 232 cm³/mol. The van der Waals surface area contributed by atoms with Gasteiger partial charge in [-0.05, 0) is 51.4 Å². The van der Waals surface area contributed by atoms with Crippen molar-refractivity contribution in [2.24, 2.45) is 0 Å². The fraction of sp³-hybridized carbons (Fsp3) is 0.875. The summed E-state index contributed by atoms with van der Waals surface area (Å²) in [6, 6.07) is -0.663. The maximum Gasteiger partial charge on any atom is 0.305 e. The van der Waals surface area contributed by atoms with E-state index in [9.17, 15) is 19.8 Å². The minimum atomic E-state index is -0.873. The topological polar surface area (TPSA) is 95.9 Å². The van der Waals surface area contributed by atoms with E-state index >= 15 is 0 Å². The lowest BCUT2D eigenvalue weighted by molar-refractivity contribution is -0.143. The standard InChI is InChI=1S/C48H91NO5/c1-3-5-7-9-11-13-15-17-18-20-22-26-30-34-38-42-48(53)54-43-39-35-31-27-23-25-29-33-37-41-47(52)49-45(44-50)46(51)40-36-32-28-24-21-19-16-14-12-10-8-6-4-2/h25,29,36,40,45-46,50-51H,3-24,26-28,30-35,37-39,41-44H2,1-2H3,(H,49,52)/b29-25-,40-36+. The number of aliphatic hydroxyl groups is 2. The summed E-state index contributed by atoms with van der Waals surface area (Å²) in [5.74, 6) is -0.165. The van der Waals surface area contributed by atoms with Gasteiger partial charge in [0.15, 0.2) is 0 Å². The minimum Gasteiger partial charge on any atom is -0.466 e. The summed E-state index contributed by atoms with van der Waals surface area (Å²) < 4.78 is 5.43. The predicted octanol–water partition coefficient (Wildman–Crippen LogP) is 13.6. The van der Waals surface area contributed by atoms with Crippen molar-refractivity contribution >= 4 is 11.9 Å². The van der Waals surface area contributed by atoms with Gasteiger partial charge in [0.25, 0.3) is 0 Å². The highest BCUT2D eigenvalue weighted by Gasteiger charge is 2.17. The van der Waals surface area contributed by atoms with E-state index in [2.05, 4.69) is 31.3 Å². The maximum atomic E-state index is 12.4. The van der Waals surface area contributed by atoms with Gasteiger partial charge in [0, 0.05) is 12.8 Å². The first-order valence-electron chi connectivity index (χ1n) is 23.6. The Morgan fingerprint density at radius 2 is 0.889 bits per heavy atom. The Balaban J connectivity index is 3.57. The van der Waals surface area contributed by atoms with E-state index in [1.54, 1.807) is 6.08 Å². The molecule has 2 unspecified atom stereocenters. The zero-order valence-corrected chi connectivity index (χ0v) is 36.0. The van der Waals surface area contributed by atoms with Gasteiger partial charge >= 0.3 is 5.97 Å². The molecule has 6 heteroatoms. The van der Waals surface area contributed by atoms with Crippen LogP contribution in [0.15, 0.2) is 24.3 Å². The zero-order chi connectivity index (χ0) is 39.4. The lowest BCUT2D eigenvalue weighted by atomic mass is 10.0. The Morgan fingerprint density at radius 1 is 0.500 bits per heavy atom. The van der Waals surface area contributed by atoms with Crippen LogP contribution in [-0.2, 0) is 14.3 Å². The quantitative estimate of drug-likeness (QED) is 0.0327. The largest absolute Gasteiger partial charge is 0.466 e. The number of unbranched alkanes of at least 4 members (excludes halogenated alkanes) is 30. The molecule has 0 aromatic carbocycles. The highest BCUT2D eigenvalue weighted by Crippen LogP contribution is 2.15. The zero-order valence-electron chi connectivity index (χ0n) is 36.0. The van der Waals surface area contributed by atoms with E-state index in [-0.39, 0.29) is 18.5 Å². The smallest absolute Gasteiger partial charge is 0.305 e. The molecule has 1 amide bonds. The number of allylic oxidation sites excluding steroid dienone is 3. The first-order chi connectivity index (χ1) is 26.5. The summed E-state index contributed by atoms with van der Waals surface area (Å²) in [5, 5.41) is 22.9. The van der Waals surface area contributed by atoms with Gasteiger partial charge in [-0.2, -0.15) is 0 Å². The minimum absolute atomic E-state index is 0.0359. The molecule has 0 aromatic rings. The van der Waals surface area contributed by atoms with Gasteiger partial charge in [0.1, 0.15) is 0 Å². The maximum absolute atomic E-state index is 12.4. The van der Waals surface area contributed by atoms with E-state index in [4.69, 9.17) is 4.74 Å². The average Bonchev–Trinajstić information content (AvgIpc) is 3.17. The van der Waals surface area contributed by atoms with Gasteiger partial charge in [-0.15, -0.1) is 0 Å². The van der Waals surface area contributed by atoms with E-state index in [1.807, 2.05) is 6.08 Å². The van der Waals surface area contributed by atoms with Crippen molar-refractivity contribution in [3.05, 3.63) is 24.3 Å². The molecule has 0 aliphatic rings. The number of esters is 1. The van der Waals surface area contributed by atoms with E-state index in [0.717, 1.165) is 70.6 Å². The summed E-state index contributed by atoms with van der Waals surface area (Å²) in [6.07, 6.45) is 50.3. The average molecular weight is 762 g/mol. The van der Waals surface area contributed by atoms with Crippen molar-refractivity contribution in [1.82, 2.24) is 5.32 Å². The molecule has 6 nitrogen and oxygen atoms in total. The van der Waals surface area contributed by atoms with Gasteiger partial charge in [-0.1, -0.05) is 205 Å². The summed E-state index contributed by atoms with van der Waals surface area (Å²) >= 11 is 0. The van der Waals surface area contributed by atoms with Crippen LogP contribution < -0.4 is 5.32 Å². The number of carbonyl (C=O) groups excluding carboxylic acids is 2. The van der Waals surface area contributed by atoms with Crippen LogP contribution in [-0.4, -0.2) is 47.4 Å². The molecule has 0 aliphatic carbocycles. The van der Waals surface area contributed by atoms with Gasteiger partial charge in [0.05, 0.1) is 25.4 Å². The van der Waals surface area contributed by atoms with Crippen molar-refractivity contribution in [2.75, 3.05) is 13.2 Å². The monoisotopic (exact) mass is 762 g/mol. The van der Waals surface area contributed by atoms with Crippen molar-refractivity contribution in [2.45, 2.75) is 257 Å². The van der Waals surface area contributed by atoms with Crippen LogP contribution in [0.4, 0.5) is 0 Å². The molecule has 3 N–H and O–H groups in total. The molecule has 54 heavy (non-hydrogen) atoms. The lowest BCUT2D eigenvalue weighted by Gasteiger charge is -2.19. The van der Waals surface area contributed by atoms with E-state index in [1.165, 1.54) is 148 Å². The van der Waals surface area contributed by atoms with Crippen molar-refractivity contribution in [1.29, 1.82) is 0 Å². The number of nitrogens with one attached hydrogen (secondary N) is 1. The van der Waals surface area contributed by atoms with Crippen molar-refractivity contribution < 1.29 is 24.5 Å². The van der Waals surface area contributed by atoms with Gasteiger partial charge in [-0.3, -0.25) is 9.59 Å². The Morgan fingerprint density at radius 3 is 1.35 bits per heavy atom. The van der Waals surface area contributed by atoms with Crippen LogP contribution >= 0.6 is 0 Å². The normalized spacial score (nSPS) is 12.9. The third-order valence-corrected chi connectivity index (χ3v) is 10.7. The third kappa shape index (κ3) is 40.0. The Kier molecular flexibility index (Phi) is 42.7. The van der Waals surface area contributed by atoms with Crippen LogP contribution in [0.5, 0.6) is 0 Å². The molecule has 318 valence electrons. The molecule has 0 aromatic heterocycles. The number of aliphatic hydroxyl groups excluding tert-OH is 2. The molecule has 0 aliphatic heterocycles. The fourth-order valence-corrected chi connectivity index (χ4v) is 7.05. The summed E-state index contributed by atoms with van der Waals surface area (Å²) in [5.41, 5.74) is 0. The summed E-state index contributed by atoms with van der Waals surface area (Å²) in [6.45, 7) is 4.80. The number of rotatable bonds is 43. The number of amides is 1. The number of hydrogen-bond donors (Lipinski definition) is 3. The van der Waals surface area contributed by atoms with Crippen LogP contribution in [0.1, 0.15) is 245 Å². The number of hydrogen-bond acceptors (Lipinski definition) is 5. The molecule has 0 heterocycles. The van der Waals surface area contributed by atoms with Crippen LogP contribution in [0, 0.1) is 0 Å². The summed E-state index contributed by atoms with van der Waals surface area (Å²) in [4.78, 5) is 24.4. The van der Waals surface area contributed by atoms with Gasteiger partial charge < -0.3 is 20.3 Å².